The molecule has 0 aromatic carbocycles. The molecule has 1 unspecified atom stereocenters. The van der Waals surface area contributed by atoms with Crippen molar-refractivity contribution in [2.24, 2.45) is 0 Å². The SMILES string of the molecule is CCCC(C(=O)OCC)N1C[C@@H](C)O[C@@H](C)C1. The van der Waals surface area contributed by atoms with E-state index in [9.17, 15) is 4.79 Å². The van der Waals surface area contributed by atoms with Crippen molar-refractivity contribution in [1.82, 2.24) is 4.90 Å². The maximum Gasteiger partial charge on any atom is 0.323 e. The summed E-state index contributed by atoms with van der Waals surface area (Å²) < 4.78 is 10.8. The van der Waals surface area contributed by atoms with E-state index in [2.05, 4.69) is 25.7 Å². The van der Waals surface area contributed by atoms with Crippen LogP contribution in [0, 0.1) is 0 Å². The van der Waals surface area contributed by atoms with Gasteiger partial charge in [0, 0.05) is 13.1 Å². The molecule has 0 aliphatic carbocycles. The van der Waals surface area contributed by atoms with Crippen LogP contribution in [0.2, 0.25) is 0 Å². The van der Waals surface area contributed by atoms with Crippen LogP contribution in [-0.2, 0) is 14.3 Å². The van der Waals surface area contributed by atoms with E-state index in [0.29, 0.717) is 6.61 Å². The summed E-state index contributed by atoms with van der Waals surface area (Å²) in [5.74, 6) is -0.0874. The fourth-order valence-corrected chi connectivity index (χ4v) is 2.43. The average molecular weight is 243 g/mol. The average Bonchev–Trinajstić information content (AvgIpc) is 2.24. The molecule has 0 aromatic rings. The van der Waals surface area contributed by atoms with Gasteiger partial charge in [-0.3, -0.25) is 9.69 Å². The smallest absolute Gasteiger partial charge is 0.323 e. The molecule has 0 radical (unpaired) electrons. The molecule has 17 heavy (non-hydrogen) atoms. The van der Waals surface area contributed by atoms with E-state index in [4.69, 9.17) is 9.47 Å². The second kappa shape index (κ2) is 6.97. The van der Waals surface area contributed by atoms with Crippen molar-refractivity contribution in [3.8, 4) is 0 Å². The van der Waals surface area contributed by atoms with Crippen LogP contribution in [0.25, 0.3) is 0 Å². The number of rotatable bonds is 5. The largest absolute Gasteiger partial charge is 0.465 e. The van der Waals surface area contributed by atoms with Gasteiger partial charge < -0.3 is 9.47 Å². The molecule has 0 N–H and O–H groups in total. The van der Waals surface area contributed by atoms with Crippen LogP contribution in [0.15, 0.2) is 0 Å². The molecule has 0 saturated carbocycles. The standard InChI is InChI=1S/C13H25NO3/c1-5-7-12(13(15)16-6-2)14-8-10(3)17-11(4)9-14/h10-12H,5-9H2,1-4H3/t10-,11+,12?. The number of carbonyl (C=O) groups excluding carboxylic acids is 1. The molecule has 0 amide bonds. The lowest BCUT2D eigenvalue weighted by molar-refractivity contribution is -0.155. The van der Waals surface area contributed by atoms with Gasteiger partial charge in [0.25, 0.3) is 0 Å². The number of hydrogen-bond donors (Lipinski definition) is 0. The van der Waals surface area contributed by atoms with Crippen molar-refractivity contribution in [2.45, 2.75) is 58.8 Å². The molecule has 0 bridgehead atoms. The Labute approximate surface area is 104 Å². The monoisotopic (exact) mass is 243 g/mol. The van der Waals surface area contributed by atoms with Crippen LogP contribution in [0.4, 0.5) is 0 Å². The molecule has 100 valence electrons. The fourth-order valence-electron chi connectivity index (χ4n) is 2.43. The fraction of sp³-hybridized carbons (Fsp3) is 0.923. The van der Waals surface area contributed by atoms with E-state index in [0.717, 1.165) is 25.9 Å². The van der Waals surface area contributed by atoms with Gasteiger partial charge in [-0.15, -0.1) is 0 Å². The zero-order chi connectivity index (χ0) is 12.8. The zero-order valence-electron chi connectivity index (χ0n) is 11.4. The maximum atomic E-state index is 11.9. The molecule has 1 heterocycles. The van der Waals surface area contributed by atoms with E-state index >= 15 is 0 Å². The van der Waals surface area contributed by atoms with Crippen molar-refractivity contribution in [2.75, 3.05) is 19.7 Å². The summed E-state index contributed by atoms with van der Waals surface area (Å²) in [5.41, 5.74) is 0. The van der Waals surface area contributed by atoms with Crippen LogP contribution < -0.4 is 0 Å². The molecule has 0 aromatic heterocycles. The Kier molecular flexibility index (Phi) is 5.92. The van der Waals surface area contributed by atoms with Crippen molar-refractivity contribution in [3.63, 3.8) is 0 Å². The topological polar surface area (TPSA) is 38.8 Å². The molecule has 4 heteroatoms. The van der Waals surface area contributed by atoms with Gasteiger partial charge in [0.1, 0.15) is 6.04 Å². The molecule has 3 atom stereocenters. The molecular weight excluding hydrogens is 218 g/mol. The van der Waals surface area contributed by atoms with E-state index in [1.165, 1.54) is 0 Å². The van der Waals surface area contributed by atoms with Crippen molar-refractivity contribution in [1.29, 1.82) is 0 Å². The van der Waals surface area contributed by atoms with E-state index in [1.807, 2.05) is 6.92 Å². The summed E-state index contributed by atoms with van der Waals surface area (Å²) in [5, 5.41) is 0. The molecule has 1 fully saturated rings. The molecule has 1 aliphatic rings. The lowest BCUT2D eigenvalue weighted by atomic mass is 10.1. The van der Waals surface area contributed by atoms with E-state index in [1.54, 1.807) is 0 Å². The number of ether oxygens (including phenoxy) is 2. The van der Waals surface area contributed by atoms with Gasteiger partial charge in [-0.25, -0.2) is 0 Å². The highest BCUT2D eigenvalue weighted by Crippen LogP contribution is 2.17. The quantitative estimate of drug-likeness (QED) is 0.691. The van der Waals surface area contributed by atoms with Crippen LogP contribution in [0.3, 0.4) is 0 Å². The normalized spacial score (nSPS) is 27.8. The van der Waals surface area contributed by atoms with Crippen LogP contribution in [0.1, 0.15) is 40.5 Å². The van der Waals surface area contributed by atoms with Crippen molar-refractivity contribution >= 4 is 5.97 Å². The van der Waals surface area contributed by atoms with Crippen LogP contribution in [-0.4, -0.2) is 48.8 Å². The highest BCUT2D eigenvalue weighted by atomic mass is 16.5. The summed E-state index contributed by atoms with van der Waals surface area (Å²) in [4.78, 5) is 14.1. The van der Waals surface area contributed by atoms with Crippen LogP contribution >= 0.6 is 0 Å². The molecule has 1 aliphatic heterocycles. The van der Waals surface area contributed by atoms with Gasteiger partial charge in [-0.1, -0.05) is 13.3 Å². The van der Waals surface area contributed by atoms with Gasteiger partial charge in [0.05, 0.1) is 18.8 Å². The number of carbonyl (C=O) groups is 1. The first-order valence-electron chi connectivity index (χ1n) is 6.64. The lowest BCUT2D eigenvalue weighted by Gasteiger charge is -2.39. The Bertz CT molecular complexity index is 235. The summed E-state index contributed by atoms with van der Waals surface area (Å²) >= 11 is 0. The van der Waals surface area contributed by atoms with Crippen molar-refractivity contribution in [3.05, 3.63) is 0 Å². The third-order valence-corrected chi connectivity index (χ3v) is 3.01. The Morgan fingerprint density at radius 2 is 1.94 bits per heavy atom. The number of nitrogens with zero attached hydrogens (tertiary/aromatic N) is 1. The van der Waals surface area contributed by atoms with Gasteiger partial charge in [0.2, 0.25) is 0 Å². The first-order valence-corrected chi connectivity index (χ1v) is 6.64. The van der Waals surface area contributed by atoms with Gasteiger partial charge >= 0.3 is 5.97 Å². The van der Waals surface area contributed by atoms with Gasteiger partial charge in [-0.2, -0.15) is 0 Å². The third-order valence-electron chi connectivity index (χ3n) is 3.01. The Hall–Kier alpha value is -0.610. The lowest BCUT2D eigenvalue weighted by Crippen LogP contribution is -2.53. The van der Waals surface area contributed by atoms with E-state index < -0.39 is 0 Å². The molecule has 1 rings (SSSR count). The first-order chi connectivity index (χ1) is 8.08. The highest BCUT2D eigenvalue weighted by Gasteiger charge is 2.32. The molecule has 4 nitrogen and oxygen atoms in total. The first kappa shape index (κ1) is 14.5. The molecular formula is C13H25NO3. The Morgan fingerprint density at radius 1 is 1.35 bits per heavy atom. The minimum Gasteiger partial charge on any atom is -0.465 e. The van der Waals surface area contributed by atoms with Gasteiger partial charge in [0.15, 0.2) is 0 Å². The minimum atomic E-state index is -0.103. The molecule has 0 spiro atoms. The van der Waals surface area contributed by atoms with Gasteiger partial charge in [-0.05, 0) is 27.2 Å². The number of morpholine rings is 1. The Balaban J connectivity index is 2.65. The zero-order valence-corrected chi connectivity index (χ0v) is 11.4. The summed E-state index contributed by atoms with van der Waals surface area (Å²) in [6.45, 7) is 10.1. The second-order valence-corrected chi connectivity index (χ2v) is 4.77. The number of esters is 1. The summed E-state index contributed by atoms with van der Waals surface area (Å²) in [7, 11) is 0. The summed E-state index contributed by atoms with van der Waals surface area (Å²) in [6, 6.07) is -0.103. The minimum absolute atomic E-state index is 0.0874. The highest BCUT2D eigenvalue weighted by molar-refractivity contribution is 5.75. The second-order valence-electron chi connectivity index (χ2n) is 4.77. The number of hydrogen-bond acceptors (Lipinski definition) is 4. The maximum absolute atomic E-state index is 11.9. The summed E-state index contributed by atoms with van der Waals surface area (Å²) in [6.07, 6.45) is 2.22. The Morgan fingerprint density at radius 3 is 2.41 bits per heavy atom. The van der Waals surface area contributed by atoms with Crippen LogP contribution in [0.5, 0.6) is 0 Å². The van der Waals surface area contributed by atoms with Crippen molar-refractivity contribution < 1.29 is 14.3 Å². The predicted octanol–water partition coefficient (Wildman–Crippen LogP) is 1.83. The van der Waals surface area contributed by atoms with E-state index in [-0.39, 0.29) is 24.2 Å². The molecule has 1 saturated heterocycles. The predicted molar refractivity (Wildman–Crippen MR) is 66.9 cm³/mol. The third kappa shape index (κ3) is 4.28.